The molecule has 2 saturated carbocycles. The second-order valence-corrected chi connectivity index (χ2v) is 8.38. The summed E-state index contributed by atoms with van der Waals surface area (Å²) in [6, 6.07) is 7.53. The van der Waals surface area contributed by atoms with Gasteiger partial charge in [-0.05, 0) is 55.4 Å². The van der Waals surface area contributed by atoms with Gasteiger partial charge < -0.3 is 20.3 Å². The summed E-state index contributed by atoms with van der Waals surface area (Å²) in [5, 5.41) is 23.7. The molecule has 0 aliphatic heterocycles. The van der Waals surface area contributed by atoms with Crippen LogP contribution in [0, 0.1) is 11.8 Å². The molecule has 0 spiro atoms. The molecule has 4 rings (SSSR count). The molecule has 2 fully saturated rings. The monoisotopic (exact) mass is 437 g/mol. The van der Waals surface area contributed by atoms with Gasteiger partial charge in [0.1, 0.15) is 11.6 Å². The SMILES string of the molecule is OCC1C(O)CC(NCc2ccc(OC(F)(F)F)cc2)C1Cc1ccnc(C2CC2)n1. The van der Waals surface area contributed by atoms with Crippen LogP contribution in [0.15, 0.2) is 36.5 Å². The van der Waals surface area contributed by atoms with Crippen LogP contribution in [0.3, 0.4) is 0 Å². The highest BCUT2D eigenvalue weighted by Crippen LogP contribution is 2.39. The van der Waals surface area contributed by atoms with E-state index in [1.165, 1.54) is 12.1 Å². The maximum absolute atomic E-state index is 12.3. The lowest BCUT2D eigenvalue weighted by molar-refractivity contribution is -0.274. The number of aromatic nitrogens is 2. The van der Waals surface area contributed by atoms with Gasteiger partial charge in [0.2, 0.25) is 0 Å². The minimum atomic E-state index is -4.72. The molecule has 0 amide bonds. The standard InChI is InChI=1S/C22H26F3N3O3/c23-22(24,25)31-16-5-1-13(2-6-16)11-27-19-10-20(30)18(12-29)17(19)9-15-7-8-26-21(28-15)14-3-4-14/h1-2,5-8,14,17-20,27,29-30H,3-4,9-12H2. The van der Waals surface area contributed by atoms with Crippen LogP contribution in [0.1, 0.15) is 42.3 Å². The molecule has 6 nitrogen and oxygen atoms in total. The lowest BCUT2D eigenvalue weighted by atomic mass is 9.88. The Labute approximate surface area is 178 Å². The summed E-state index contributed by atoms with van der Waals surface area (Å²) in [6.07, 6.45) is -0.245. The van der Waals surface area contributed by atoms with Gasteiger partial charge in [-0.3, -0.25) is 0 Å². The van der Waals surface area contributed by atoms with Gasteiger partial charge in [-0.25, -0.2) is 9.97 Å². The van der Waals surface area contributed by atoms with E-state index in [-0.39, 0.29) is 30.2 Å². The maximum Gasteiger partial charge on any atom is 0.573 e. The van der Waals surface area contributed by atoms with Gasteiger partial charge in [0.05, 0.1) is 6.10 Å². The first-order valence-electron chi connectivity index (χ1n) is 10.5. The van der Waals surface area contributed by atoms with Gasteiger partial charge in [0, 0.05) is 42.9 Å². The topological polar surface area (TPSA) is 87.5 Å². The first kappa shape index (κ1) is 22.0. The smallest absolute Gasteiger partial charge is 0.406 e. The van der Waals surface area contributed by atoms with Crippen LogP contribution in [-0.4, -0.2) is 45.3 Å². The molecule has 0 radical (unpaired) electrons. The summed E-state index contributed by atoms with van der Waals surface area (Å²) in [4.78, 5) is 9.02. The number of hydrogen-bond acceptors (Lipinski definition) is 6. The van der Waals surface area contributed by atoms with Crippen LogP contribution in [0.25, 0.3) is 0 Å². The van der Waals surface area contributed by atoms with Crippen molar-refractivity contribution in [2.45, 2.75) is 56.7 Å². The molecular weight excluding hydrogens is 411 g/mol. The van der Waals surface area contributed by atoms with Gasteiger partial charge in [-0.2, -0.15) is 0 Å². The summed E-state index contributed by atoms with van der Waals surface area (Å²) in [5.74, 6) is 0.762. The van der Waals surface area contributed by atoms with Crippen molar-refractivity contribution in [1.29, 1.82) is 0 Å². The van der Waals surface area contributed by atoms with E-state index in [1.807, 2.05) is 6.07 Å². The van der Waals surface area contributed by atoms with Gasteiger partial charge in [0.25, 0.3) is 0 Å². The van der Waals surface area contributed by atoms with Crippen molar-refractivity contribution in [3.05, 3.63) is 53.6 Å². The highest BCUT2D eigenvalue weighted by atomic mass is 19.4. The quantitative estimate of drug-likeness (QED) is 0.589. The summed E-state index contributed by atoms with van der Waals surface area (Å²) in [5.41, 5.74) is 1.70. The molecule has 1 heterocycles. The Hall–Kier alpha value is -2.23. The second-order valence-electron chi connectivity index (χ2n) is 8.38. The third-order valence-electron chi connectivity index (χ3n) is 6.11. The number of benzene rings is 1. The molecule has 2 aliphatic carbocycles. The van der Waals surface area contributed by atoms with Crippen molar-refractivity contribution in [3.8, 4) is 5.75 Å². The number of alkyl halides is 3. The lowest BCUT2D eigenvalue weighted by Crippen LogP contribution is -2.36. The number of halogens is 3. The van der Waals surface area contributed by atoms with Gasteiger partial charge in [-0.1, -0.05) is 12.1 Å². The van der Waals surface area contributed by atoms with Gasteiger partial charge in [0.15, 0.2) is 0 Å². The van der Waals surface area contributed by atoms with Crippen LogP contribution in [0.2, 0.25) is 0 Å². The molecule has 2 aromatic rings. The minimum Gasteiger partial charge on any atom is -0.406 e. The second kappa shape index (κ2) is 9.10. The number of aliphatic hydroxyl groups is 2. The fourth-order valence-electron chi connectivity index (χ4n) is 4.34. The van der Waals surface area contributed by atoms with Gasteiger partial charge >= 0.3 is 6.36 Å². The number of aliphatic hydroxyl groups excluding tert-OH is 2. The Kier molecular flexibility index (Phi) is 6.45. The Balaban J connectivity index is 1.40. The van der Waals surface area contributed by atoms with Crippen molar-refractivity contribution in [2.24, 2.45) is 11.8 Å². The molecule has 1 aromatic carbocycles. The van der Waals surface area contributed by atoms with Crippen LogP contribution < -0.4 is 10.1 Å². The van der Waals surface area contributed by atoms with Crippen molar-refractivity contribution in [3.63, 3.8) is 0 Å². The van der Waals surface area contributed by atoms with Crippen LogP contribution >= 0.6 is 0 Å². The normalized spacial score (nSPS) is 26.2. The molecule has 31 heavy (non-hydrogen) atoms. The molecule has 4 atom stereocenters. The Bertz CT molecular complexity index is 874. The fourth-order valence-corrected chi connectivity index (χ4v) is 4.34. The number of nitrogens with zero attached hydrogens (tertiary/aromatic N) is 2. The van der Waals surface area contributed by atoms with Crippen LogP contribution in [0.5, 0.6) is 5.75 Å². The molecule has 0 saturated heterocycles. The van der Waals surface area contributed by atoms with Crippen molar-refractivity contribution in [1.82, 2.24) is 15.3 Å². The predicted molar refractivity (Wildman–Crippen MR) is 106 cm³/mol. The number of rotatable bonds is 8. The molecule has 0 bridgehead atoms. The molecule has 3 N–H and O–H groups in total. The summed E-state index contributed by atoms with van der Waals surface area (Å²) < 4.78 is 40.8. The average molecular weight is 437 g/mol. The number of nitrogens with one attached hydrogen (secondary N) is 1. The largest absolute Gasteiger partial charge is 0.573 e. The van der Waals surface area contributed by atoms with Gasteiger partial charge in [-0.15, -0.1) is 13.2 Å². The Morgan fingerprint density at radius 2 is 1.84 bits per heavy atom. The number of ether oxygens (including phenoxy) is 1. The molecule has 1 aromatic heterocycles. The maximum atomic E-state index is 12.3. The van der Waals surface area contributed by atoms with Crippen molar-refractivity contribution < 1.29 is 28.1 Å². The highest BCUT2D eigenvalue weighted by molar-refractivity contribution is 5.27. The summed E-state index contributed by atoms with van der Waals surface area (Å²) in [6.45, 7) is 0.309. The van der Waals surface area contributed by atoms with Crippen molar-refractivity contribution >= 4 is 0 Å². The zero-order chi connectivity index (χ0) is 22.0. The van der Waals surface area contributed by atoms with E-state index in [0.717, 1.165) is 29.9 Å². The van der Waals surface area contributed by atoms with Crippen molar-refractivity contribution in [2.75, 3.05) is 6.61 Å². The molecule has 9 heteroatoms. The lowest BCUT2D eigenvalue weighted by Gasteiger charge is -2.25. The molecule has 4 unspecified atom stereocenters. The zero-order valence-electron chi connectivity index (χ0n) is 16.9. The summed E-state index contributed by atoms with van der Waals surface area (Å²) in [7, 11) is 0. The minimum absolute atomic E-state index is 0.0187. The summed E-state index contributed by atoms with van der Waals surface area (Å²) >= 11 is 0. The van der Waals surface area contributed by atoms with E-state index in [9.17, 15) is 23.4 Å². The van der Waals surface area contributed by atoms with Crippen LogP contribution in [-0.2, 0) is 13.0 Å². The third kappa shape index (κ3) is 5.72. The first-order valence-corrected chi connectivity index (χ1v) is 10.5. The fraction of sp³-hybridized carbons (Fsp3) is 0.545. The van der Waals surface area contributed by atoms with Crippen LogP contribution in [0.4, 0.5) is 13.2 Å². The van der Waals surface area contributed by atoms with E-state index in [0.29, 0.717) is 25.3 Å². The van der Waals surface area contributed by atoms with E-state index >= 15 is 0 Å². The zero-order valence-corrected chi connectivity index (χ0v) is 16.9. The van der Waals surface area contributed by atoms with E-state index in [2.05, 4.69) is 20.0 Å². The number of hydrogen-bond donors (Lipinski definition) is 3. The Morgan fingerprint density at radius 1 is 1.10 bits per heavy atom. The van der Waals surface area contributed by atoms with E-state index < -0.39 is 12.5 Å². The highest BCUT2D eigenvalue weighted by Gasteiger charge is 2.42. The molecular formula is C22H26F3N3O3. The Morgan fingerprint density at radius 3 is 2.48 bits per heavy atom. The third-order valence-corrected chi connectivity index (χ3v) is 6.11. The van der Waals surface area contributed by atoms with E-state index in [1.54, 1.807) is 18.3 Å². The average Bonchev–Trinajstić information content (AvgIpc) is 3.52. The molecule has 2 aliphatic rings. The molecule has 168 valence electrons. The predicted octanol–water partition coefficient (Wildman–Crippen LogP) is 2.94. The van der Waals surface area contributed by atoms with E-state index in [4.69, 9.17) is 0 Å². The first-order chi connectivity index (χ1) is 14.8.